The third-order valence-electron chi connectivity index (χ3n) is 1.40. The lowest BCUT2D eigenvalue weighted by Crippen LogP contribution is -1.82. The average molecular weight is 156 g/mol. The highest BCUT2D eigenvalue weighted by molar-refractivity contribution is 6.31. The van der Waals surface area contributed by atoms with Gasteiger partial charge in [0.25, 0.3) is 0 Å². The molecule has 0 aliphatic heterocycles. The van der Waals surface area contributed by atoms with Crippen LogP contribution in [0.3, 0.4) is 0 Å². The topological polar surface area (TPSA) is 19.9 Å². The fourth-order valence-corrected chi connectivity index (χ4v) is 0.929. The second-order valence-electron chi connectivity index (χ2n) is 2.23. The lowest BCUT2D eigenvalue weighted by molar-refractivity contribution is 0.177. The van der Waals surface area contributed by atoms with Crippen molar-refractivity contribution in [3.05, 3.63) is 34.3 Å². The van der Waals surface area contributed by atoms with Crippen molar-refractivity contribution < 1.29 is 5.11 Å². The van der Waals surface area contributed by atoms with Crippen LogP contribution in [0.25, 0.3) is 0 Å². The summed E-state index contributed by atoms with van der Waals surface area (Å²) in [4.78, 5) is 0. The molecule has 0 aliphatic rings. The molecule has 0 aliphatic carbocycles. The molecule has 1 aromatic carbocycles. The van der Waals surface area contributed by atoms with Crippen molar-refractivity contribution in [3.8, 4) is 0 Å². The first kappa shape index (κ1) is 7.58. The number of benzene rings is 1. The van der Waals surface area contributed by atoms with Crippen LogP contribution in [-0.2, 0) is 11.7 Å². The van der Waals surface area contributed by atoms with Crippen LogP contribution in [0.1, 0.15) is 11.1 Å². The standard InChI is InChI=1S/C8H8ClO/c1-6-2-3-7(5-10)4-8(6)9/h2-4H,5H2,1H3. The van der Waals surface area contributed by atoms with Gasteiger partial charge >= 0.3 is 0 Å². The average Bonchev–Trinajstić information content (AvgIpc) is 1.95. The predicted octanol–water partition coefficient (Wildman–Crippen LogP) is 2.58. The van der Waals surface area contributed by atoms with Gasteiger partial charge in [0.05, 0.1) is 0 Å². The zero-order valence-corrected chi connectivity index (χ0v) is 6.48. The highest BCUT2D eigenvalue weighted by Gasteiger charge is 1.95. The van der Waals surface area contributed by atoms with E-state index >= 15 is 0 Å². The Morgan fingerprint density at radius 2 is 2.20 bits per heavy atom. The van der Waals surface area contributed by atoms with Crippen molar-refractivity contribution in [2.24, 2.45) is 0 Å². The van der Waals surface area contributed by atoms with E-state index < -0.39 is 0 Å². The minimum absolute atomic E-state index is 0.194. The second-order valence-corrected chi connectivity index (χ2v) is 2.64. The quantitative estimate of drug-likeness (QED) is 0.594. The predicted molar refractivity (Wildman–Crippen MR) is 40.6 cm³/mol. The number of halogens is 1. The summed E-state index contributed by atoms with van der Waals surface area (Å²) in [7, 11) is 0. The molecule has 2 heteroatoms. The Morgan fingerprint density at radius 3 is 2.70 bits per heavy atom. The molecule has 0 atom stereocenters. The van der Waals surface area contributed by atoms with Crippen molar-refractivity contribution in [3.63, 3.8) is 0 Å². The number of hydrogen-bond donors (Lipinski definition) is 0. The normalized spacial score (nSPS) is 9.90. The Labute approximate surface area is 65.3 Å². The molecular formula is C8H8ClO. The van der Waals surface area contributed by atoms with Gasteiger partial charge in [0.15, 0.2) is 0 Å². The van der Waals surface area contributed by atoms with Gasteiger partial charge in [-0.15, -0.1) is 0 Å². The second kappa shape index (κ2) is 3.04. The van der Waals surface area contributed by atoms with E-state index in [1.165, 1.54) is 0 Å². The lowest BCUT2D eigenvalue weighted by atomic mass is 10.2. The van der Waals surface area contributed by atoms with Crippen molar-refractivity contribution in [2.45, 2.75) is 13.5 Å². The molecule has 0 heterocycles. The smallest absolute Gasteiger partial charge is 0.107 e. The minimum atomic E-state index is -0.194. The van der Waals surface area contributed by atoms with Crippen LogP contribution < -0.4 is 0 Å². The van der Waals surface area contributed by atoms with Gasteiger partial charge in [-0.05, 0) is 24.1 Å². The Morgan fingerprint density at radius 1 is 1.50 bits per heavy atom. The van der Waals surface area contributed by atoms with E-state index in [2.05, 4.69) is 0 Å². The molecule has 0 aromatic heterocycles. The van der Waals surface area contributed by atoms with Gasteiger partial charge in [-0.2, -0.15) is 0 Å². The van der Waals surface area contributed by atoms with Gasteiger partial charge in [-0.25, -0.2) is 5.11 Å². The molecule has 1 aromatic rings. The fourth-order valence-electron chi connectivity index (χ4n) is 0.726. The summed E-state index contributed by atoms with van der Waals surface area (Å²) in [6.07, 6.45) is 0. The molecule has 0 fully saturated rings. The van der Waals surface area contributed by atoms with Crippen molar-refractivity contribution in [1.82, 2.24) is 0 Å². The van der Waals surface area contributed by atoms with Crippen LogP contribution in [0.2, 0.25) is 5.02 Å². The van der Waals surface area contributed by atoms with E-state index in [0.717, 1.165) is 11.1 Å². The maximum Gasteiger partial charge on any atom is 0.107 e. The van der Waals surface area contributed by atoms with Crippen LogP contribution >= 0.6 is 11.6 Å². The van der Waals surface area contributed by atoms with E-state index in [1.807, 2.05) is 13.0 Å². The third kappa shape index (κ3) is 1.49. The van der Waals surface area contributed by atoms with E-state index in [1.54, 1.807) is 12.1 Å². The van der Waals surface area contributed by atoms with Gasteiger partial charge in [-0.1, -0.05) is 23.7 Å². The van der Waals surface area contributed by atoms with Gasteiger partial charge in [-0.3, -0.25) is 0 Å². The molecule has 0 amide bonds. The number of rotatable bonds is 1. The molecule has 1 radical (unpaired) electrons. The zero-order chi connectivity index (χ0) is 7.56. The fraction of sp³-hybridized carbons (Fsp3) is 0.250. The minimum Gasteiger partial charge on any atom is -0.232 e. The summed E-state index contributed by atoms with van der Waals surface area (Å²) in [5.74, 6) is 0. The Hall–Kier alpha value is -0.530. The molecule has 10 heavy (non-hydrogen) atoms. The summed E-state index contributed by atoms with van der Waals surface area (Å²) < 4.78 is 0. The molecular weight excluding hydrogens is 148 g/mol. The van der Waals surface area contributed by atoms with Crippen molar-refractivity contribution in [1.29, 1.82) is 0 Å². The first-order chi connectivity index (χ1) is 4.74. The molecule has 0 bridgehead atoms. The number of aryl methyl sites for hydroxylation is 1. The summed E-state index contributed by atoms with van der Waals surface area (Å²) in [6, 6.07) is 5.37. The summed E-state index contributed by atoms with van der Waals surface area (Å²) in [6.45, 7) is 1.72. The third-order valence-corrected chi connectivity index (χ3v) is 1.81. The number of hydrogen-bond acceptors (Lipinski definition) is 0. The molecule has 1 nitrogen and oxygen atoms in total. The van der Waals surface area contributed by atoms with Gasteiger partial charge < -0.3 is 0 Å². The molecule has 53 valence electrons. The Kier molecular flexibility index (Phi) is 2.30. The van der Waals surface area contributed by atoms with E-state index in [9.17, 15) is 5.11 Å². The molecule has 0 unspecified atom stereocenters. The van der Waals surface area contributed by atoms with Crippen molar-refractivity contribution >= 4 is 11.6 Å². The van der Waals surface area contributed by atoms with Gasteiger partial charge in [0, 0.05) is 5.02 Å². The van der Waals surface area contributed by atoms with E-state index in [4.69, 9.17) is 11.6 Å². The van der Waals surface area contributed by atoms with Crippen molar-refractivity contribution in [2.75, 3.05) is 0 Å². The molecule has 0 spiro atoms. The Balaban J connectivity index is 3.04. The van der Waals surface area contributed by atoms with Gasteiger partial charge in [0.1, 0.15) is 6.61 Å². The first-order valence-electron chi connectivity index (χ1n) is 3.07. The molecule has 0 saturated carbocycles. The zero-order valence-electron chi connectivity index (χ0n) is 5.73. The maximum absolute atomic E-state index is 10.3. The molecule has 0 N–H and O–H groups in total. The highest BCUT2D eigenvalue weighted by atomic mass is 35.5. The van der Waals surface area contributed by atoms with E-state index in [0.29, 0.717) is 5.02 Å². The lowest BCUT2D eigenvalue weighted by Gasteiger charge is -1.98. The molecule has 0 saturated heterocycles. The first-order valence-corrected chi connectivity index (χ1v) is 3.45. The summed E-state index contributed by atoms with van der Waals surface area (Å²) in [5.41, 5.74) is 1.76. The molecule has 1 rings (SSSR count). The highest BCUT2D eigenvalue weighted by Crippen LogP contribution is 2.16. The summed E-state index contributed by atoms with van der Waals surface area (Å²) >= 11 is 5.75. The maximum atomic E-state index is 10.3. The van der Waals surface area contributed by atoms with Gasteiger partial charge in [0.2, 0.25) is 0 Å². The Bertz CT molecular complexity index is 233. The summed E-state index contributed by atoms with van der Waals surface area (Å²) in [5, 5.41) is 11.0. The van der Waals surface area contributed by atoms with E-state index in [-0.39, 0.29) is 6.61 Å². The van der Waals surface area contributed by atoms with Crippen LogP contribution in [0.4, 0.5) is 0 Å². The van der Waals surface area contributed by atoms with Crippen LogP contribution in [0, 0.1) is 6.92 Å². The van der Waals surface area contributed by atoms with Crippen LogP contribution in [0.15, 0.2) is 18.2 Å². The van der Waals surface area contributed by atoms with Crippen LogP contribution in [-0.4, -0.2) is 0 Å². The monoisotopic (exact) mass is 155 g/mol. The largest absolute Gasteiger partial charge is 0.232 e. The van der Waals surface area contributed by atoms with Crippen LogP contribution in [0.5, 0.6) is 0 Å². The SMILES string of the molecule is Cc1ccc(C[O])cc1Cl.